The quantitative estimate of drug-likeness (QED) is 0.373. The molecular weight excluding hydrogens is 316 g/mol. The summed E-state index contributed by atoms with van der Waals surface area (Å²) in [6, 6.07) is 0. The van der Waals surface area contributed by atoms with Crippen LogP contribution in [0.5, 0.6) is 0 Å². The molecule has 0 radical (unpaired) electrons. The van der Waals surface area contributed by atoms with Gasteiger partial charge in [0.05, 0.1) is 6.61 Å². The van der Waals surface area contributed by atoms with Gasteiger partial charge in [-0.3, -0.25) is 0 Å². The van der Waals surface area contributed by atoms with E-state index in [0.29, 0.717) is 0 Å². The molecule has 4 nitrogen and oxygen atoms in total. The molecule has 0 aliphatic rings. The van der Waals surface area contributed by atoms with E-state index in [1.807, 2.05) is 0 Å². The van der Waals surface area contributed by atoms with Crippen LogP contribution in [0, 0.1) is 0 Å². The zero-order chi connectivity index (χ0) is 17.1. The maximum Gasteiger partial charge on any atom is 0.330 e. The average molecular weight is 349 g/mol. The Hall–Kier alpha value is -0.219. The van der Waals surface area contributed by atoms with Gasteiger partial charge < -0.3 is 13.0 Å². The average Bonchev–Trinajstić information content (AvgIpc) is 2.20. The summed E-state index contributed by atoms with van der Waals surface area (Å²) in [5.74, 6) is -0.402. The van der Waals surface area contributed by atoms with Crippen molar-refractivity contribution in [3.8, 4) is 0 Å². The van der Waals surface area contributed by atoms with E-state index >= 15 is 0 Å². The van der Waals surface area contributed by atoms with Gasteiger partial charge in [-0.2, -0.15) is 0 Å². The minimum atomic E-state index is -2.52. The van der Waals surface area contributed by atoms with E-state index in [-0.39, 0.29) is 11.6 Å². The van der Waals surface area contributed by atoms with Gasteiger partial charge in [0.15, 0.2) is 16.6 Å². The highest BCUT2D eigenvalue weighted by Gasteiger charge is 2.52. The van der Waals surface area contributed by atoms with Gasteiger partial charge in [-0.05, 0) is 45.8 Å². The molecule has 0 fully saturated rings. The summed E-state index contributed by atoms with van der Waals surface area (Å²) >= 11 is 0. The lowest BCUT2D eigenvalue weighted by atomic mass is 10.2. The van der Waals surface area contributed by atoms with Crippen molar-refractivity contribution in [2.45, 2.75) is 64.7 Å². The van der Waals surface area contributed by atoms with Crippen LogP contribution in [0.15, 0.2) is 12.7 Å². The molecule has 0 atom stereocenters. The highest BCUT2D eigenvalue weighted by Crippen LogP contribution is 2.42. The molecule has 0 aliphatic carbocycles. The normalized spacial score (nSPS) is 14.0. The van der Waals surface area contributed by atoms with Crippen LogP contribution in [0.1, 0.15) is 13.8 Å². The minimum Gasteiger partial charge on any atom is -0.462 e. The Kier molecular flexibility index (Phi) is 6.84. The van der Waals surface area contributed by atoms with Crippen LogP contribution in [0.4, 0.5) is 0 Å². The van der Waals surface area contributed by atoms with Gasteiger partial charge in [-0.15, -0.1) is 0 Å². The van der Waals surface area contributed by atoms with E-state index in [0.717, 1.165) is 0 Å². The van der Waals surface area contributed by atoms with Gasteiger partial charge in [-0.25, -0.2) is 4.79 Å². The fourth-order valence-electron chi connectivity index (χ4n) is 1.91. The molecule has 21 heavy (non-hydrogen) atoms. The standard InChI is InChI=1S/C14H32O4Si3/c1-11-13(15)16-12-14(2,3)21(10,17-19(4,5)6)18-20(7,8)9/h11H,1,12H2,2-10H3. The maximum atomic E-state index is 11.4. The molecule has 0 saturated carbocycles. The number of ether oxygens (including phenoxy) is 1. The molecule has 0 heterocycles. The van der Waals surface area contributed by atoms with Crippen molar-refractivity contribution in [3.63, 3.8) is 0 Å². The van der Waals surface area contributed by atoms with Crippen LogP contribution in [0.3, 0.4) is 0 Å². The van der Waals surface area contributed by atoms with Gasteiger partial charge in [-0.1, -0.05) is 20.4 Å². The molecule has 0 spiro atoms. The zero-order valence-corrected chi connectivity index (χ0v) is 18.1. The summed E-state index contributed by atoms with van der Waals surface area (Å²) < 4.78 is 18.3. The maximum absolute atomic E-state index is 11.4. The lowest BCUT2D eigenvalue weighted by Crippen LogP contribution is -2.59. The first-order valence-electron chi connectivity index (χ1n) is 7.31. The minimum absolute atomic E-state index is 0.287. The second-order valence-electron chi connectivity index (χ2n) is 8.07. The molecule has 0 saturated heterocycles. The summed E-state index contributed by atoms with van der Waals surface area (Å²) in [4.78, 5) is 11.4. The third kappa shape index (κ3) is 7.55. The van der Waals surface area contributed by atoms with E-state index in [9.17, 15) is 4.79 Å². The molecule has 0 N–H and O–H groups in total. The third-order valence-electron chi connectivity index (χ3n) is 2.97. The Bertz CT molecular complexity index is 365. The fourth-order valence-corrected chi connectivity index (χ4v) is 14.3. The molecule has 0 aromatic heterocycles. The highest BCUT2D eigenvalue weighted by molar-refractivity contribution is 6.89. The van der Waals surface area contributed by atoms with Crippen molar-refractivity contribution in [2.75, 3.05) is 6.61 Å². The zero-order valence-electron chi connectivity index (χ0n) is 15.1. The van der Waals surface area contributed by atoms with Gasteiger partial charge in [0.1, 0.15) is 0 Å². The SMILES string of the molecule is C=CC(=O)OCC(C)(C)[Si](C)(O[Si](C)(C)C)O[Si](C)(C)C. The Morgan fingerprint density at radius 3 is 1.67 bits per heavy atom. The van der Waals surface area contributed by atoms with Crippen molar-refractivity contribution in [2.24, 2.45) is 0 Å². The van der Waals surface area contributed by atoms with E-state index in [2.05, 4.69) is 66.3 Å². The van der Waals surface area contributed by atoms with E-state index in [4.69, 9.17) is 13.0 Å². The molecule has 0 rings (SSSR count). The second kappa shape index (κ2) is 6.91. The summed E-state index contributed by atoms with van der Waals surface area (Å²) in [6.07, 6.45) is 1.19. The number of esters is 1. The first kappa shape index (κ1) is 20.8. The topological polar surface area (TPSA) is 44.8 Å². The van der Waals surface area contributed by atoms with Crippen LogP contribution in [0.25, 0.3) is 0 Å². The Balaban J connectivity index is 5.34. The molecule has 0 aromatic carbocycles. The Morgan fingerprint density at radius 1 is 1.00 bits per heavy atom. The van der Waals surface area contributed by atoms with Crippen molar-refractivity contribution in [3.05, 3.63) is 12.7 Å². The number of carbonyl (C=O) groups is 1. The molecular formula is C14H32O4Si3. The summed E-state index contributed by atoms with van der Waals surface area (Å²) in [5.41, 5.74) is 0. The third-order valence-corrected chi connectivity index (χ3v) is 13.6. The van der Waals surface area contributed by atoms with E-state index < -0.39 is 31.2 Å². The van der Waals surface area contributed by atoms with Crippen molar-refractivity contribution >= 4 is 31.2 Å². The molecule has 124 valence electrons. The molecule has 0 unspecified atom stereocenters. The first-order chi connectivity index (χ1) is 9.12. The largest absolute Gasteiger partial charge is 0.462 e. The van der Waals surface area contributed by atoms with Gasteiger partial charge in [0.2, 0.25) is 0 Å². The predicted molar refractivity (Wildman–Crippen MR) is 95.7 cm³/mol. The smallest absolute Gasteiger partial charge is 0.330 e. The van der Waals surface area contributed by atoms with Crippen molar-refractivity contribution in [1.29, 1.82) is 0 Å². The van der Waals surface area contributed by atoms with Gasteiger partial charge in [0, 0.05) is 11.1 Å². The number of carbonyl (C=O) groups excluding carboxylic acids is 1. The molecule has 0 amide bonds. The lowest BCUT2D eigenvalue weighted by Gasteiger charge is -2.47. The number of hydrogen-bond donors (Lipinski definition) is 0. The van der Waals surface area contributed by atoms with Crippen LogP contribution in [0.2, 0.25) is 50.9 Å². The molecule has 7 heteroatoms. The fraction of sp³-hybridized carbons (Fsp3) is 0.786. The predicted octanol–water partition coefficient (Wildman–Crippen LogP) is 4.27. The molecule has 0 bridgehead atoms. The monoisotopic (exact) mass is 348 g/mol. The van der Waals surface area contributed by atoms with Crippen molar-refractivity contribution in [1.82, 2.24) is 0 Å². The molecule has 0 aromatic rings. The first-order valence-corrected chi connectivity index (χ1v) is 16.4. The van der Waals surface area contributed by atoms with Gasteiger partial charge in [0.25, 0.3) is 0 Å². The van der Waals surface area contributed by atoms with Gasteiger partial charge >= 0.3 is 14.5 Å². The van der Waals surface area contributed by atoms with Crippen LogP contribution in [-0.4, -0.2) is 37.8 Å². The highest BCUT2D eigenvalue weighted by atomic mass is 28.5. The summed E-state index contributed by atoms with van der Waals surface area (Å²) in [6.45, 7) is 22.9. The second-order valence-corrected chi connectivity index (χ2v) is 21.4. The summed E-state index contributed by atoms with van der Waals surface area (Å²) in [5, 5.41) is -0.327. The number of hydrogen-bond acceptors (Lipinski definition) is 4. The van der Waals surface area contributed by atoms with Crippen LogP contribution < -0.4 is 0 Å². The van der Waals surface area contributed by atoms with E-state index in [1.54, 1.807) is 0 Å². The lowest BCUT2D eigenvalue weighted by molar-refractivity contribution is -0.138. The van der Waals surface area contributed by atoms with E-state index in [1.165, 1.54) is 6.08 Å². The summed E-state index contributed by atoms with van der Waals surface area (Å²) in [7, 11) is -6.05. The van der Waals surface area contributed by atoms with Crippen LogP contribution >= 0.6 is 0 Å². The number of rotatable bonds is 8. The molecule has 0 aliphatic heterocycles. The Labute approximate surface area is 133 Å². The van der Waals surface area contributed by atoms with Crippen LogP contribution in [-0.2, 0) is 17.8 Å². The van der Waals surface area contributed by atoms with Crippen molar-refractivity contribution < 1.29 is 17.8 Å². The Morgan fingerprint density at radius 2 is 1.38 bits per heavy atom.